The average molecular weight is 213 g/mol. The first kappa shape index (κ1) is 10.8. The second-order valence-electron chi connectivity index (χ2n) is 3.90. The third kappa shape index (κ3) is 1.97. The summed E-state index contributed by atoms with van der Waals surface area (Å²) >= 11 is 0. The molecule has 1 heterocycles. The molecule has 0 spiro atoms. The molecule has 0 saturated carbocycles. The van der Waals surface area contributed by atoms with Crippen molar-refractivity contribution in [3.63, 3.8) is 0 Å². The van der Waals surface area contributed by atoms with Gasteiger partial charge in [0.1, 0.15) is 0 Å². The Morgan fingerprint density at radius 2 is 2.19 bits per heavy atom. The van der Waals surface area contributed by atoms with Crippen LogP contribution in [-0.4, -0.2) is 10.1 Å². The first-order valence-electron chi connectivity index (χ1n) is 5.37. The quantitative estimate of drug-likeness (QED) is 0.794. The van der Waals surface area contributed by atoms with E-state index in [-0.39, 0.29) is 0 Å². The Morgan fingerprint density at radius 3 is 2.94 bits per heavy atom. The highest BCUT2D eigenvalue weighted by Crippen LogP contribution is 2.23. The summed E-state index contributed by atoms with van der Waals surface area (Å²) in [6.07, 6.45) is 1.77. The van der Waals surface area contributed by atoms with Crippen LogP contribution in [-0.2, 0) is 0 Å². The van der Waals surface area contributed by atoms with Gasteiger partial charge >= 0.3 is 0 Å². The first-order valence-corrected chi connectivity index (χ1v) is 5.37. The molecule has 1 aromatic heterocycles. The van der Waals surface area contributed by atoms with Gasteiger partial charge in [0.05, 0.1) is 11.6 Å². The smallest absolute Gasteiger partial charge is 0.0842 e. The fraction of sp³-hybridized carbons (Fsp3) is 0.214. The minimum Gasteiger partial charge on any atom is -0.388 e. The summed E-state index contributed by atoms with van der Waals surface area (Å²) < 4.78 is 0. The van der Waals surface area contributed by atoms with E-state index < -0.39 is 6.10 Å². The second kappa shape index (κ2) is 4.45. The molecule has 1 atom stereocenters. The number of aromatic nitrogens is 1. The number of aliphatic hydroxyl groups excluding tert-OH is 1. The highest BCUT2D eigenvalue weighted by atomic mass is 16.3. The van der Waals surface area contributed by atoms with Gasteiger partial charge in [-0.2, -0.15) is 0 Å². The summed E-state index contributed by atoms with van der Waals surface area (Å²) in [6, 6.07) is 9.93. The Bertz CT molecular complexity index is 519. The molecular weight excluding hydrogens is 198 g/mol. The van der Waals surface area contributed by atoms with Crippen LogP contribution in [0.2, 0.25) is 0 Å². The lowest BCUT2D eigenvalue weighted by Crippen LogP contribution is -2.01. The van der Waals surface area contributed by atoms with Crippen molar-refractivity contribution in [2.45, 2.75) is 19.4 Å². The van der Waals surface area contributed by atoms with Gasteiger partial charge in [-0.15, -0.1) is 6.58 Å². The molecule has 1 N–H and O–H groups in total. The number of para-hydroxylation sites is 1. The van der Waals surface area contributed by atoms with Crippen LogP contribution in [0.3, 0.4) is 0 Å². The first-order chi connectivity index (χ1) is 7.72. The lowest BCUT2D eigenvalue weighted by molar-refractivity contribution is 0.180. The van der Waals surface area contributed by atoms with Gasteiger partial charge in [-0.3, -0.25) is 4.98 Å². The van der Waals surface area contributed by atoms with E-state index in [2.05, 4.69) is 11.6 Å². The van der Waals surface area contributed by atoms with Crippen molar-refractivity contribution in [2.75, 3.05) is 0 Å². The molecule has 0 radical (unpaired) electrons. The van der Waals surface area contributed by atoms with Crippen LogP contribution >= 0.6 is 0 Å². The Labute approximate surface area is 95.3 Å². The van der Waals surface area contributed by atoms with Crippen molar-refractivity contribution < 1.29 is 5.11 Å². The molecule has 82 valence electrons. The zero-order valence-electron chi connectivity index (χ0n) is 9.35. The maximum atomic E-state index is 9.95. The molecule has 0 aliphatic carbocycles. The van der Waals surface area contributed by atoms with Crippen LogP contribution in [0.4, 0.5) is 0 Å². The predicted octanol–water partition coefficient (Wildman–Crippen LogP) is 3.15. The number of fused-ring (bicyclic) bond motifs is 1. The molecule has 0 amide bonds. The molecule has 0 aliphatic heterocycles. The lowest BCUT2D eigenvalue weighted by atomic mass is 10.0. The van der Waals surface area contributed by atoms with Crippen molar-refractivity contribution in [3.8, 4) is 0 Å². The normalized spacial score (nSPS) is 12.6. The van der Waals surface area contributed by atoms with Crippen molar-refractivity contribution in [2.24, 2.45) is 0 Å². The van der Waals surface area contributed by atoms with Crippen LogP contribution in [0.1, 0.15) is 23.8 Å². The summed E-state index contributed by atoms with van der Waals surface area (Å²) in [6.45, 7) is 5.56. The van der Waals surface area contributed by atoms with Crippen molar-refractivity contribution in [3.05, 3.63) is 54.2 Å². The van der Waals surface area contributed by atoms with E-state index in [9.17, 15) is 5.11 Å². The highest BCUT2D eigenvalue weighted by molar-refractivity contribution is 5.79. The molecular formula is C14H15NO. The average Bonchev–Trinajstić information content (AvgIpc) is 2.28. The zero-order chi connectivity index (χ0) is 11.5. The Morgan fingerprint density at radius 1 is 1.44 bits per heavy atom. The molecule has 1 unspecified atom stereocenters. The maximum absolute atomic E-state index is 9.95. The number of pyridine rings is 1. The van der Waals surface area contributed by atoms with E-state index in [1.807, 2.05) is 37.3 Å². The van der Waals surface area contributed by atoms with E-state index in [0.717, 1.165) is 22.2 Å². The molecule has 1 aromatic carbocycles. The predicted molar refractivity (Wildman–Crippen MR) is 66.3 cm³/mol. The van der Waals surface area contributed by atoms with Gasteiger partial charge in [0.2, 0.25) is 0 Å². The minimum absolute atomic E-state index is 0.505. The van der Waals surface area contributed by atoms with Gasteiger partial charge in [0, 0.05) is 16.6 Å². The van der Waals surface area contributed by atoms with Gasteiger partial charge in [-0.05, 0) is 25.5 Å². The topological polar surface area (TPSA) is 33.1 Å². The van der Waals surface area contributed by atoms with Crippen LogP contribution < -0.4 is 0 Å². The number of benzene rings is 1. The summed E-state index contributed by atoms with van der Waals surface area (Å²) in [5, 5.41) is 11.0. The standard InChI is InChI=1S/C14H15NO/c1-3-6-14(16)12-9-11-7-4-5-8-13(11)15-10(12)2/h3-5,7-9,14,16H,1,6H2,2H3. The van der Waals surface area contributed by atoms with E-state index in [0.29, 0.717) is 6.42 Å². The van der Waals surface area contributed by atoms with Gasteiger partial charge in [-0.25, -0.2) is 0 Å². The molecule has 2 heteroatoms. The van der Waals surface area contributed by atoms with Crippen molar-refractivity contribution in [1.29, 1.82) is 0 Å². The maximum Gasteiger partial charge on any atom is 0.0842 e. The number of hydrogen-bond acceptors (Lipinski definition) is 2. The summed E-state index contributed by atoms with van der Waals surface area (Å²) in [7, 11) is 0. The van der Waals surface area contributed by atoms with Crippen LogP contribution in [0.5, 0.6) is 0 Å². The summed E-state index contributed by atoms with van der Waals surface area (Å²) in [5.41, 5.74) is 2.74. The fourth-order valence-electron chi connectivity index (χ4n) is 1.85. The molecule has 0 bridgehead atoms. The number of rotatable bonds is 3. The third-order valence-electron chi connectivity index (χ3n) is 2.70. The number of nitrogens with zero attached hydrogens (tertiary/aromatic N) is 1. The van der Waals surface area contributed by atoms with Gasteiger partial charge in [0.15, 0.2) is 0 Å². The van der Waals surface area contributed by atoms with E-state index in [1.54, 1.807) is 6.08 Å². The molecule has 2 rings (SSSR count). The number of aliphatic hydroxyl groups is 1. The fourth-order valence-corrected chi connectivity index (χ4v) is 1.85. The van der Waals surface area contributed by atoms with E-state index in [1.165, 1.54) is 0 Å². The summed E-state index contributed by atoms with van der Waals surface area (Å²) in [4.78, 5) is 4.48. The third-order valence-corrected chi connectivity index (χ3v) is 2.70. The molecule has 2 aromatic rings. The SMILES string of the molecule is C=CCC(O)c1cc2ccccc2nc1C. The zero-order valence-corrected chi connectivity index (χ0v) is 9.35. The molecule has 0 saturated heterocycles. The lowest BCUT2D eigenvalue weighted by Gasteiger charge is -2.12. The second-order valence-corrected chi connectivity index (χ2v) is 3.90. The van der Waals surface area contributed by atoms with Crippen LogP contribution in [0.25, 0.3) is 10.9 Å². The van der Waals surface area contributed by atoms with Crippen molar-refractivity contribution in [1.82, 2.24) is 4.98 Å². The molecule has 2 nitrogen and oxygen atoms in total. The number of hydrogen-bond donors (Lipinski definition) is 1. The van der Waals surface area contributed by atoms with Gasteiger partial charge in [-0.1, -0.05) is 24.3 Å². The largest absolute Gasteiger partial charge is 0.388 e. The van der Waals surface area contributed by atoms with Gasteiger partial charge in [0.25, 0.3) is 0 Å². The minimum atomic E-state index is -0.505. The monoisotopic (exact) mass is 213 g/mol. The van der Waals surface area contributed by atoms with Gasteiger partial charge < -0.3 is 5.11 Å². The Hall–Kier alpha value is -1.67. The molecule has 0 aliphatic rings. The number of aryl methyl sites for hydroxylation is 1. The summed E-state index contributed by atoms with van der Waals surface area (Å²) in [5.74, 6) is 0. The van der Waals surface area contributed by atoms with Crippen LogP contribution in [0.15, 0.2) is 43.0 Å². The van der Waals surface area contributed by atoms with E-state index in [4.69, 9.17) is 0 Å². The highest BCUT2D eigenvalue weighted by Gasteiger charge is 2.10. The molecule has 0 fully saturated rings. The molecule has 16 heavy (non-hydrogen) atoms. The Kier molecular flexibility index (Phi) is 3.02. The Balaban J connectivity index is 2.53. The van der Waals surface area contributed by atoms with E-state index >= 15 is 0 Å². The van der Waals surface area contributed by atoms with Crippen LogP contribution in [0, 0.1) is 6.92 Å². The van der Waals surface area contributed by atoms with Crippen molar-refractivity contribution >= 4 is 10.9 Å².